The van der Waals surface area contributed by atoms with E-state index in [4.69, 9.17) is 0 Å². The Morgan fingerprint density at radius 3 is 2.29 bits per heavy atom. The molecule has 2 aromatic carbocycles. The Morgan fingerprint density at radius 1 is 0.952 bits per heavy atom. The molecule has 0 radical (unpaired) electrons. The van der Waals surface area contributed by atoms with Crippen molar-refractivity contribution < 1.29 is 13.2 Å². The molecule has 1 aromatic heterocycles. The first kappa shape index (κ1) is 13.2. The molecule has 1 N–H and O–H groups in total. The van der Waals surface area contributed by atoms with Gasteiger partial charge in [-0.2, -0.15) is 0 Å². The predicted molar refractivity (Wildman–Crippen MR) is 73.2 cm³/mol. The number of nitrogens with zero attached hydrogens (tertiary/aromatic N) is 2. The molecule has 0 aliphatic rings. The van der Waals surface area contributed by atoms with Gasteiger partial charge in [-0.25, -0.2) is 18.2 Å². The average molecular weight is 289 g/mol. The summed E-state index contributed by atoms with van der Waals surface area (Å²) in [5, 5.41) is 2.77. The van der Waals surface area contributed by atoms with Crippen molar-refractivity contribution in [2.24, 2.45) is 0 Å². The summed E-state index contributed by atoms with van der Waals surface area (Å²) < 4.78 is 41.1. The van der Waals surface area contributed by atoms with Crippen LogP contribution in [-0.4, -0.2) is 9.55 Å². The summed E-state index contributed by atoms with van der Waals surface area (Å²) in [6.45, 7) is 0. The van der Waals surface area contributed by atoms with E-state index in [0.29, 0.717) is 5.95 Å². The van der Waals surface area contributed by atoms with Crippen molar-refractivity contribution in [3.8, 4) is 5.69 Å². The van der Waals surface area contributed by atoms with Gasteiger partial charge in [-0.1, -0.05) is 18.2 Å². The highest BCUT2D eigenvalue weighted by Crippen LogP contribution is 2.22. The van der Waals surface area contributed by atoms with Gasteiger partial charge >= 0.3 is 0 Å². The Morgan fingerprint density at radius 2 is 1.62 bits per heavy atom. The fourth-order valence-electron chi connectivity index (χ4n) is 1.95. The minimum absolute atomic E-state index is 0.0785. The van der Waals surface area contributed by atoms with Crippen LogP contribution in [0.25, 0.3) is 5.69 Å². The van der Waals surface area contributed by atoms with Gasteiger partial charge in [-0.3, -0.25) is 4.57 Å². The van der Waals surface area contributed by atoms with Crippen LogP contribution in [0, 0.1) is 17.5 Å². The number of anilines is 2. The van der Waals surface area contributed by atoms with Crippen LogP contribution in [0.5, 0.6) is 0 Å². The van der Waals surface area contributed by atoms with E-state index in [1.54, 1.807) is 17.0 Å². The summed E-state index contributed by atoms with van der Waals surface area (Å²) >= 11 is 0. The molecule has 0 saturated carbocycles. The highest BCUT2D eigenvalue weighted by molar-refractivity contribution is 5.56. The van der Waals surface area contributed by atoms with E-state index in [1.807, 2.05) is 30.3 Å². The Hall–Kier alpha value is -2.76. The van der Waals surface area contributed by atoms with Crippen LogP contribution in [-0.2, 0) is 0 Å². The highest BCUT2D eigenvalue weighted by Gasteiger charge is 2.12. The summed E-state index contributed by atoms with van der Waals surface area (Å²) in [7, 11) is 0. The van der Waals surface area contributed by atoms with Crippen molar-refractivity contribution >= 4 is 11.6 Å². The molecule has 3 nitrogen and oxygen atoms in total. The van der Waals surface area contributed by atoms with Gasteiger partial charge < -0.3 is 5.32 Å². The zero-order valence-electron chi connectivity index (χ0n) is 10.7. The molecule has 106 valence electrons. The third kappa shape index (κ3) is 2.60. The minimum Gasteiger partial charge on any atom is -0.325 e. The van der Waals surface area contributed by atoms with E-state index in [0.717, 1.165) is 17.8 Å². The van der Waals surface area contributed by atoms with E-state index < -0.39 is 17.5 Å². The summed E-state index contributed by atoms with van der Waals surface area (Å²) in [5.74, 6) is -3.64. The van der Waals surface area contributed by atoms with Crippen LogP contribution >= 0.6 is 0 Å². The maximum Gasteiger partial charge on any atom is 0.212 e. The van der Waals surface area contributed by atoms with Gasteiger partial charge in [-0.15, -0.1) is 0 Å². The van der Waals surface area contributed by atoms with E-state index in [1.165, 1.54) is 0 Å². The minimum atomic E-state index is -1.49. The number of para-hydroxylation sites is 1. The number of halogens is 3. The van der Waals surface area contributed by atoms with Gasteiger partial charge in [0.05, 0.1) is 0 Å². The predicted octanol–water partition coefficient (Wildman–Crippen LogP) is 4.03. The lowest BCUT2D eigenvalue weighted by molar-refractivity contribution is 0.448. The third-order valence-corrected chi connectivity index (χ3v) is 2.92. The molecule has 0 spiro atoms. The topological polar surface area (TPSA) is 29.9 Å². The Kier molecular flexibility index (Phi) is 3.35. The quantitative estimate of drug-likeness (QED) is 0.738. The lowest BCUT2D eigenvalue weighted by atomic mass is 10.3. The van der Waals surface area contributed by atoms with E-state index in [2.05, 4.69) is 10.3 Å². The molecule has 3 aromatic rings. The number of benzene rings is 2. The molecule has 6 heteroatoms. The Labute approximate surface area is 118 Å². The van der Waals surface area contributed by atoms with E-state index in [-0.39, 0.29) is 5.69 Å². The second-order valence-corrected chi connectivity index (χ2v) is 4.34. The SMILES string of the molecule is Fc1cc(Nc2nccn2-c2ccccc2)cc(F)c1F. The molecule has 0 bridgehead atoms. The van der Waals surface area contributed by atoms with E-state index >= 15 is 0 Å². The van der Waals surface area contributed by atoms with Crippen molar-refractivity contribution in [1.29, 1.82) is 0 Å². The van der Waals surface area contributed by atoms with Crippen LogP contribution < -0.4 is 5.32 Å². The van der Waals surface area contributed by atoms with Gasteiger partial charge in [0.25, 0.3) is 0 Å². The number of hydrogen-bond donors (Lipinski definition) is 1. The standard InChI is InChI=1S/C15H10F3N3/c16-12-8-10(9-13(17)14(12)18)20-15-19-6-7-21(15)11-4-2-1-3-5-11/h1-9H,(H,19,20). The molecule has 0 aliphatic carbocycles. The Balaban J connectivity index is 1.95. The third-order valence-electron chi connectivity index (χ3n) is 2.92. The number of nitrogens with one attached hydrogen (secondary N) is 1. The van der Waals surface area contributed by atoms with Crippen LogP contribution in [0.15, 0.2) is 54.9 Å². The summed E-state index contributed by atoms with van der Waals surface area (Å²) in [5.41, 5.74) is 0.912. The fraction of sp³-hybridized carbons (Fsp3) is 0. The highest BCUT2D eigenvalue weighted by atomic mass is 19.2. The zero-order valence-corrected chi connectivity index (χ0v) is 10.7. The average Bonchev–Trinajstić information content (AvgIpc) is 2.94. The van der Waals surface area contributed by atoms with Crippen LogP contribution in [0.1, 0.15) is 0 Å². The maximum atomic E-state index is 13.2. The number of imidazole rings is 1. The zero-order chi connectivity index (χ0) is 14.8. The lowest BCUT2D eigenvalue weighted by Crippen LogP contribution is -2.02. The van der Waals surface area contributed by atoms with Gasteiger partial charge in [-0.05, 0) is 12.1 Å². The second kappa shape index (κ2) is 5.32. The van der Waals surface area contributed by atoms with Crippen molar-refractivity contribution in [2.45, 2.75) is 0 Å². The first-order valence-corrected chi connectivity index (χ1v) is 6.15. The van der Waals surface area contributed by atoms with Gasteiger partial charge in [0.15, 0.2) is 17.5 Å². The summed E-state index contributed by atoms with van der Waals surface area (Å²) in [4.78, 5) is 4.08. The largest absolute Gasteiger partial charge is 0.325 e. The number of rotatable bonds is 3. The van der Waals surface area contributed by atoms with E-state index in [9.17, 15) is 13.2 Å². The first-order valence-electron chi connectivity index (χ1n) is 6.15. The van der Waals surface area contributed by atoms with Crippen LogP contribution in [0.2, 0.25) is 0 Å². The first-order chi connectivity index (χ1) is 10.1. The summed E-state index contributed by atoms with van der Waals surface area (Å²) in [6.07, 6.45) is 3.25. The van der Waals surface area contributed by atoms with Crippen LogP contribution in [0.4, 0.5) is 24.8 Å². The lowest BCUT2D eigenvalue weighted by Gasteiger charge is -2.10. The van der Waals surface area contributed by atoms with Gasteiger partial charge in [0.2, 0.25) is 5.95 Å². The smallest absolute Gasteiger partial charge is 0.212 e. The second-order valence-electron chi connectivity index (χ2n) is 4.34. The van der Waals surface area contributed by atoms with Gasteiger partial charge in [0, 0.05) is 35.9 Å². The van der Waals surface area contributed by atoms with Crippen molar-refractivity contribution in [3.63, 3.8) is 0 Å². The molecule has 0 aliphatic heterocycles. The normalized spacial score (nSPS) is 10.6. The molecule has 0 saturated heterocycles. The van der Waals surface area contributed by atoms with Crippen molar-refractivity contribution in [2.75, 3.05) is 5.32 Å². The maximum absolute atomic E-state index is 13.2. The Bertz CT molecular complexity index is 746. The molecule has 1 heterocycles. The van der Waals surface area contributed by atoms with Gasteiger partial charge in [0.1, 0.15) is 0 Å². The number of hydrogen-bond acceptors (Lipinski definition) is 2. The molecule has 21 heavy (non-hydrogen) atoms. The van der Waals surface area contributed by atoms with Crippen molar-refractivity contribution in [1.82, 2.24) is 9.55 Å². The molecule has 0 unspecified atom stereocenters. The molecule has 0 atom stereocenters. The number of aromatic nitrogens is 2. The molecule has 0 amide bonds. The molecular formula is C15H10F3N3. The summed E-state index contributed by atoms with van der Waals surface area (Å²) in [6, 6.07) is 11.1. The monoisotopic (exact) mass is 289 g/mol. The van der Waals surface area contributed by atoms with Crippen LogP contribution in [0.3, 0.4) is 0 Å². The molecule has 0 fully saturated rings. The molecule has 3 rings (SSSR count). The van der Waals surface area contributed by atoms with Crippen molar-refractivity contribution in [3.05, 3.63) is 72.3 Å². The molecular weight excluding hydrogens is 279 g/mol. The fourth-order valence-corrected chi connectivity index (χ4v) is 1.95.